The molecule has 0 spiro atoms. The van der Waals surface area contributed by atoms with Gasteiger partial charge in [-0.1, -0.05) is 31.4 Å². The number of amides is 1. The zero-order valence-corrected chi connectivity index (χ0v) is 15.5. The first-order valence-corrected chi connectivity index (χ1v) is 8.95. The third-order valence-corrected chi connectivity index (χ3v) is 4.48. The van der Waals surface area contributed by atoms with Gasteiger partial charge in [-0.05, 0) is 31.9 Å². The van der Waals surface area contributed by atoms with Gasteiger partial charge in [0.15, 0.2) is 17.6 Å². The Hall–Kier alpha value is -3.01. The monoisotopic (exact) mass is 372 g/mol. The molecule has 0 heterocycles. The maximum Gasteiger partial charge on any atom is 0.344 e. The Bertz CT molecular complexity index is 760. The number of hydrogen-bond acceptors (Lipinski definition) is 5. The second-order valence-electron chi connectivity index (χ2n) is 6.46. The number of aliphatic carboxylic acids is 1. The Morgan fingerprint density at radius 3 is 2.63 bits per heavy atom. The van der Waals surface area contributed by atoms with Crippen molar-refractivity contribution in [3.63, 3.8) is 0 Å². The van der Waals surface area contributed by atoms with Crippen molar-refractivity contribution >= 4 is 18.0 Å². The summed E-state index contributed by atoms with van der Waals surface area (Å²) in [5.41, 5.74) is 0.333. The van der Waals surface area contributed by atoms with Crippen LogP contribution in [0.3, 0.4) is 0 Å². The number of carboxylic acid groups (broad SMARTS) is 1. The maximum atomic E-state index is 12.5. The molecule has 1 aromatic rings. The molecule has 1 aliphatic carbocycles. The summed E-state index contributed by atoms with van der Waals surface area (Å²) in [6.07, 6.45) is 5.40. The average Bonchev–Trinajstić information content (AvgIpc) is 2.67. The van der Waals surface area contributed by atoms with Crippen LogP contribution in [0.1, 0.15) is 44.6 Å². The van der Waals surface area contributed by atoms with Crippen LogP contribution in [0.15, 0.2) is 23.8 Å². The van der Waals surface area contributed by atoms with Crippen LogP contribution < -0.4 is 14.8 Å². The number of carbonyl (C=O) groups is 2. The maximum absolute atomic E-state index is 12.5. The van der Waals surface area contributed by atoms with Crippen molar-refractivity contribution in [1.29, 1.82) is 5.26 Å². The summed E-state index contributed by atoms with van der Waals surface area (Å²) in [4.78, 5) is 23.6. The quantitative estimate of drug-likeness (QED) is 0.563. The molecule has 2 rings (SSSR count). The SMILES string of the molecule is COc1cccc(/C=C(/C#N)C(=O)NC2CCCCC2)c1O[C@H](C)C(=O)O. The minimum absolute atomic E-state index is 0.0679. The van der Waals surface area contributed by atoms with Gasteiger partial charge < -0.3 is 19.9 Å². The van der Waals surface area contributed by atoms with Gasteiger partial charge in [0.2, 0.25) is 0 Å². The fourth-order valence-electron chi connectivity index (χ4n) is 2.97. The van der Waals surface area contributed by atoms with Crippen molar-refractivity contribution in [3.8, 4) is 17.6 Å². The standard InChI is InChI=1S/C20H24N2O5/c1-13(20(24)25)27-18-14(7-6-10-17(18)26-2)11-15(12-21)19(23)22-16-8-4-3-5-9-16/h6-7,10-11,13,16H,3-5,8-9H2,1-2H3,(H,22,23)(H,24,25)/b15-11-/t13-/m1/s1. The van der Waals surface area contributed by atoms with Gasteiger partial charge in [0.25, 0.3) is 5.91 Å². The first-order valence-electron chi connectivity index (χ1n) is 8.95. The third kappa shape index (κ3) is 5.48. The minimum atomic E-state index is -1.13. The van der Waals surface area contributed by atoms with Crippen LogP contribution in [0.25, 0.3) is 6.08 Å². The number of hydrogen-bond donors (Lipinski definition) is 2. The summed E-state index contributed by atoms with van der Waals surface area (Å²) in [6, 6.07) is 6.93. The molecule has 0 bridgehead atoms. The van der Waals surface area contributed by atoms with Crippen molar-refractivity contribution in [2.45, 2.75) is 51.2 Å². The number of para-hydroxylation sites is 1. The lowest BCUT2D eigenvalue weighted by Crippen LogP contribution is -2.36. The van der Waals surface area contributed by atoms with Gasteiger partial charge >= 0.3 is 5.97 Å². The Morgan fingerprint density at radius 1 is 1.33 bits per heavy atom. The number of carboxylic acids is 1. The second-order valence-corrected chi connectivity index (χ2v) is 6.46. The fraction of sp³-hybridized carbons (Fsp3) is 0.450. The summed E-state index contributed by atoms with van der Waals surface area (Å²) in [7, 11) is 1.43. The van der Waals surface area contributed by atoms with E-state index in [0.29, 0.717) is 11.3 Å². The second kappa shape index (κ2) is 9.62. The fourth-order valence-corrected chi connectivity index (χ4v) is 2.97. The van der Waals surface area contributed by atoms with Crippen LogP contribution >= 0.6 is 0 Å². The third-order valence-electron chi connectivity index (χ3n) is 4.48. The Kier molecular flexibility index (Phi) is 7.24. The predicted molar refractivity (Wildman–Crippen MR) is 99.3 cm³/mol. The zero-order valence-electron chi connectivity index (χ0n) is 15.5. The molecule has 144 valence electrons. The molecular formula is C20H24N2O5. The van der Waals surface area contributed by atoms with E-state index in [9.17, 15) is 14.9 Å². The molecule has 1 saturated carbocycles. The largest absolute Gasteiger partial charge is 0.493 e. The van der Waals surface area contributed by atoms with E-state index in [1.807, 2.05) is 6.07 Å². The molecular weight excluding hydrogens is 348 g/mol. The molecule has 1 atom stereocenters. The molecule has 7 heteroatoms. The van der Waals surface area contributed by atoms with E-state index in [4.69, 9.17) is 14.6 Å². The minimum Gasteiger partial charge on any atom is -0.493 e. The molecule has 2 N–H and O–H groups in total. The van der Waals surface area contributed by atoms with Crippen molar-refractivity contribution in [3.05, 3.63) is 29.3 Å². The first kappa shape index (κ1) is 20.3. The highest BCUT2D eigenvalue weighted by atomic mass is 16.5. The molecule has 0 unspecified atom stereocenters. The van der Waals surface area contributed by atoms with Crippen LogP contribution in [-0.2, 0) is 9.59 Å². The van der Waals surface area contributed by atoms with Gasteiger partial charge in [0.1, 0.15) is 11.6 Å². The van der Waals surface area contributed by atoms with Crippen LogP contribution in [-0.4, -0.2) is 36.2 Å². The molecule has 0 aliphatic heterocycles. The van der Waals surface area contributed by atoms with Gasteiger partial charge in [-0.25, -0.2) is 4.79 Å². The lowest BCUT2D eigenvalue weighted by Gasteiger charge is -2.22. The van der Waals surface area contributed by atoms with Crippen LogP contribution in [0.2, 0.25) is 0 Å². The molecule has 1 amide bonds. The normalized spacial score (nSPS) is 16.1. The van der Waals surface area contributed by atoms with Crippen molar-refractivity contribution in [2.75, 3.05) is 7.11 Å². The van der Waals surface area contributed by atoms with Crippen molar-refractivity contribution in [2.24, 2.45) is 0 Å². The van der Waals surface area contributed by atoms with E-state index in [-0.39, 0.29) is 17.4 Å². The highest BCUT2D eigenvalue weighted by molar-refractivity contribution is 6.02. The van der Waals surface area contributed by atoms with Crippen LogP contribution in [0.4, 0.5) is 0 Å². The van der Waals surface area contributed by atoms with Gasteiger partial charge in [-0.3, -0.25) is 4.79 Å². The molecule has 27 heavy (non-hydrogen) atoms. The summed E-state index contributed by atoms with van der Waals surface area (Å²) < 4.78 is 10.7. The molecule has 1 aromatic carbocycles. The first-order chi connectivity index (χ1) is 13.0. The molecule has 1 fully saturated rings. The Labute approximate surface area is 158 Å². The molecule has 0 saturated heterocycles. The van der Waals surface area contributed by atoms with Crippen LogP contribution in [0.5, 0.6) is 11.5 Å². The van der Waals surface area contributed by atoms with E-state index in [1.54, 1.807) is 18.2 Å². The molecule has 1 aliphatic rings. The average molecular weight is 372 g/mol. The summed E-state index contributed by atoms with van der Waals surface area (Å²) in [5.74, 6) is -1.08. The summed E-state index contributed by atoms with van der Waals surface area (Å²) in [5, 5.41) is 21.4. The van der Waals surface area contributed by atoms with E-state index in [0.717, 1.165) is 25.7 Å². The summed E-state index contributed by atoms with van der Waals surface area (Å²) in [6.45, 7) is 1.39. The number of nitriles is 1. The Balaban J connectivity index is 2.29. The number of rotatable bonds is 7. The summed E-state index contributed by atoms with van der Waals surface area (Å²) >= 11 is 0. The van der Waals surface area contributed by atoms with E-state index in [2.05, 4.69) is 5.32 Å². The number of ether oxygens (including phenoxy) is 2. The predicted octanol–water partition coefficient (Wildman–Crippen LogP) is 2.90. The topological polar surface area (TPSA) is 109 Å². The number of methoxy groups -OCH3 is 1. The molecule has 0 aromatic heterocycles. The van der Waals surface area contributed by atoms with Crippen molar-refractivity contribution < 1.29 is 24.2 Å². The van der Waals surface area contributed by atoms with Gasteiger partial charge in [0, 0.05) is 11.6 Å². The van der Waals surface area contributed by atoms with Gasteiger partial charge in [-0.2, -0.15) is 5.26 Å². The highest BCUT2D eigenvalue weighted by Gasteiger charge is 2.21. The van der Waals surface area contributed by atoms with Crippen LogP contribution in [0, 0.1) is 11.3 Å². The van der Waals surface area contributed by atoms with Crippen molar-refractivity contribution in [1.82, 2.24) is 5.32 Å². The Morgan fingerprint density at radius 2 is 2.04 bits per heavy atom. The molecule has 7 nitrogen and oxygen atoms in total. The lowest BCUT2D eigenvalue weighted by molar-refractivity contribution is -0.144. The van der Waals surface area contributed by atoms with Gasteiger partial charge in [0.05, 0.1) is 7.11 Å². The van der Waals surface area contributed by atoms with E-state index >= 15 is 0 Å². The lowest BCUT2D eigenvalue weighted by atomic mass is 9.95. The van der Waals surface area contributed by atoms with Gasteiger partial charge in [-0.15, -0.1) is 0 Å². The smallest absolute Gasteiger partial charge is 0.344 e. The van der Waals surface area contributed by atoms with E-state index < -0.39 is 18.0 Å². The van der Waals surface area contributed by atoms with E-state index in [1.165, 1.54) is 26.5 Å². The molecule has 0 radical (unpaired) electrons. The highest BCUT2D eigenvalue weighted by Crippen LogP contribution is 2.33. The zero-order chi connectivity index (χ0) is 19.8. The number of nitrogens with one attached hydrogen (secondary N) is 1. The number of nitrogens with zero attached hydrogens (tertiary/aromatic N) is 1. The number of carbonyl (C=O) groups excluding carboxylic acids is 1. The number of benzene rings is 1.